The van der Waals surface area contributed by atoms with Gasteiger partial charge in [-0.1, -0.05) is 18.2 Å². The highest BCUT2D eigenvalue weighted by atomic mass is 19.4. The normalized spacial score (nSPS) is 11.3. The molecule has 2 N–H and O–H groups in total. The number of amides is 1. The Kier molecular flexibility index (Phi) is 3.35. The van der Waals surface area contributed by atoms with Gasteiger partial charge in [0.15, 0.2) is 0 Å². The molecule has 0 atom stereocenters. The first-order valence-corrected chi connectivity index (χ1v) is 5.43. The summed E-state index contributed by atoms with van der Waals surface area (Å²) in [5.74, 6) is -3.21. The van der Waals surface area contributed by atoms with Crippen LogP contribution in [0.2, 0.25) is 0 Å². The van der Waals surface area contributed by atoms with E-state index in [-0.39, 0.29) is 11.3 Å². The van der Waals surface area contributed by atoms with E-state index in [0.29, 0.717) is 10.8 Å². The van der Waals surface area contributed by atoms with Gasteiger partial charge in [-0.15, -0.1) is 0 Å². The monoisotopic (exact) mass is 283 g/mol. The van der Waals surface area contributed by atoms with Crippen LogP contribution in [0.3, 0.4) is 0 Å². The van der Waals surface area contributed by atoms with Gasteiger partial charge >= 0.3 is 18.1 Å². The molecule has 0 bridgehead atoms. The molecule has 20 heavy (non-hydrogen) atoms. The smallest absolute Gasteiger partial charge is 0.471 e. The Morgan fingerprint density at radius 1 is 1.10 bits per heavy atom. The van der Waals surface area contributed by atoms with Crippen LogP contribution in [0.5, 0.6) is 0 Å². The lowest BCUT2D eigenvalue weighted by Crippen LogP contribution is -2.29. The van der Waals surface area contributed by atoms with Crippen molar-refractivity contribution in [2.45, 2.75) is 6.18 Å². The van der Waals surface area contributed by atoms with Crippen molar-refractivity contribution >= 4 is 28.3 Å². The molecule has 2 aromatic carbocycles. The minimum absolute atomic E-state index is 0.0381. The van der Waals surface area contributed by atoms with Crippen LogP contribution < -0.4 is 5.32 Å². The fourth-order valence-electron chi connectivity index (χ4n) is 1.75. The molecule has 0 spiro atoms. The second kappa shape index (κ2) is 4.84. The van der Waals surface area contributed by atoms with Crippen molar-refractivity contribution in [1.82, 2.24) is 0 Å². The van der Waals surface area contributed by atoms with Gasteiger partial charge in [-0.25, -0.2) is 4.79 Å². The van der Waals surface area contributed by atoms with Gasteiger partial charge in [0, 0.05) is 5.69 Å². The molecule has 0 aromatic heterocycles. The molecule has 0 aliphatic carbocycles. The Morgan fingerprint density at radius 2 is 1.80 bits per heavy atom. The molecule has 104 valence electrons. The molecule has 7 heteroatoms. The van der Waals surface area contributed by atoms with Crippen LogP contribution >= 0.6 is 0 Å². The molecule has 0 radical (unpaired) electrons. The van der Waals surface area contributed by atoms with Crippen molar-refractivity contribution in [2.75, 3.05) is 5.32 Å². The number of benzene rings is 2. The number of alkyl halides is 3. The number of carbonyl (C=O) groups is 2. The molecule has 0 heterocycles. The molecule has 0 saturated heterocycles. The van der Waals surface area contributed by atoms with E-state index in [1.54, 1.807) is 11.4 Å². The minimum Gasteiger partial charge on any atom is -0.478 e. The summed E-state index contributed by atoms with van der Waals surface area (Å²) in [5, 5.41) is 11.5. The maximum absolute atomic E-state index is 12.1. The van der Waals surface area contributed by atoms with E-state index in [1.165, 1.54) is 30.3 Å². The molecule has 0 unspecified atom stereocenters. The average molecular weight is 283 g/mol. The fraction of sp³-hybridized carbons (Fsp3) is 0.0769. The fourth-order valence-corrected chi connectivity index (χ4v) is 1.75. The summed E-state index contributed by atoms with van der Waals surface area (Å²) in [5.41, 5.74) is -0.0152. The number of carboxylic acids is 1. The molecular weight excluding hydrogens is 275 g/mol. The zero-order valence-corrected chi connectivity index (χ0v) is 9.86. The van der Waals surface area contributed by atoms with Gasteiger partial charge < -0.3 is 10.4 Å². The van der Waals surface area contributed by atoms with Gasteiger partial charge in [0.05, 0.1) is 5.56 Å². The Labute approximate surface area is 110 Å². The predicted octanol–water partition coefficient (Wildman–Crippen LogP) is 3.04. The minimum atomic E-state index is -4.97. The van der Waals surface area contributed by atoms with E-state index in [0.717, 1.165) is 0 Å². The third-order valence-corrected chi connectivity index (χ3v) is 2.63. The van der Waals surface area contributed by atoms with Crippen LogP contribution in [-0.4, -0.2) is 23.2 Å². The maximum Gasteiger partial charge on any atom is 0.471 e. The number of nitrogens with one attached hydrogen (secondary N) is 1. The summed E-state index contributed by atoms with van der Waals surface area (Å²) in [6, 6.07) is 8.26. The van der Waals surface area contributed by atoms with Crippen molar-refractivity contribution in [1.29, 1.82) is 0 Å². The van der Waals surface area contributed by atoms with Gasteiger partial charge in [0.2, 0.25) is 0 Å². The van der Waals surface area contributed by atoms with Gasteiger partial charge in [-0.05, 0) is 29.0 Å². The summed E-state index contributed by atoms with van der Waals surface area (Å²) in [6.45, 7) is 0. The van der Waals surface area contributed by atoms with E-state index < -0.39 is 18.1 Å². The number of carbonyl (C=O) groups excluding carboxylic acids is 1. The number of carboxylic acid groups (broad SMARTS) is 1. The summed E-state index contributed by atoms with van der Waals surface area (Å²) >= 11 is 0. The van der Waals surface area contributed by atoms with E-state index >= 15 is 0 Å². The van der Waals surface area contributed by atoms with Crippen LogP contribution in [0, 0.1) is 0 Å². The number of anilines is 1. The van der Waals surface area contributed by atoms with Crippen LogP contribution in [0.25, 0.3) is 10.8 Å². The maximum atomic E-state index is 12.1. The molecular formula is C13H8F3NO3. The molecule has 0 fully saturated rings. The number of hydrogen-bond acceptors (Lipinski definition) is 2. The Hall–Kier alpha value is -2.57. The SMILES string of the molecule is O=C(O)c1cccc2cc(NC(=O)C(F)(F)F)ccc12. The molecule has 0 saturated carbocycles. The highest BCUT2D eigenvalue weighted by Crippen LogP contribution is 2.24. The summed E-state index contributed by atoms with van der Waals surface area (Å²) in [7, 11) is 0. The molecule has 4 nitrogen and oxygen atoms in total. The van der Waals surface area contributed by atoms with Gasteiger partial charge in [-0.3, -0.25) is 4.79 Å². The van der Waals surface area contributed by atoms with Gasteiger partial charge in [-0.2, -0.15) is 13.2 Å². The Balaban J connectivity index is 2.41. The number of hydrogen-bond donors (Lipinski definition) is 2. The van der Waals surface area contributed by atoms with Crippen LogP contribution in [0.4, 0.5) is 18.9 Å². The van der Waals surface area contributed by atoms with E-state index in [4.69, 9.17) is 5.11 Å². The highest BCUT2D eigenvalue weighted by Gasteiger charge is 2.38. The number of rotatable bonds is 2. The number of aromatic carboxylic acids is 1. The Morgan fingerprint density at radius 3 is 2.40 bits per heavy atom. The molecule has 0 aliphatic heterocycles. The predicted molar refractivity (Wildman–Crippen MR) is 65.6 cm³/mol. The second-order valence-electron chi connectivity index (χ2n) is 4.00. The van der Waals surface area contributed by atoms with Gasteiger partial charge in [0.25, 0.3) is 0 Å². The van der Waals surface area contributed by atoms with Gasteiger partial charge in [0.1, 0.15) is 0 Å². The molecule has 2 rings (SSSR count). The van der Waals surface area contributed by atoms with Crippen molar-refractivity contribution in [3.05, 3.63) is 42.0 Å². The topological polar surface area (TPSA) is 66.4 Å². The number of fused-ring (bicyclic) bond motifs is 1. The van der Waals surface area contributed by atoms with Crippen LogP contribution in [-0.2, 0) is 4.79 Å². The Bertz CT molecular complexity index is 695. The molecule has 2 aromatic rings. The lowest BCUT2D eigenvalue weighted by molar-refractivity contribution is -0.167. The van der Waals surface area contributed by atoms with Crippen LogP contribution in [0.15, 0.2) is 36.4 Å². The first-order chi connectivity index (χ1) is 9.29. The molecule has 1 amide bonds. The standard InChI is InChI=1S/C13H8F3NO3/c14-13(15,16)12(20)17-8-4-5-9-7(6-8)2-1-3-10(9)11(18)19/h1-6H,(H,17,20)(H,18,19). The zero-order chi connectivity index (χ0) is 14.9. The summed E-state index contributed by atoms with van der Waals surface area (Å²) in [4.78, 5) is 21.8. The van der Waals surface area contributed by atoms with E-state index in [9.17, 15) is 22.8 Å². The lowest BCUT2D eigenvalue weighted by atomic mass is 10.0. The lowest BCUT2D eigenvalue weighted by Gasteiger charge is -2.09. The first kappa shape index (κ1) is 13.9. The third kappa shape index (κ3) is 2.71. The molecule has 0 aliphatic rings. The second-order valence-corrected chi connectivity index (χ2v) is 4.00. The quantitative estimate of drug-likeness (QED) is 0.890. The van der Waals surface area contributed by atoms with Crippen molar-refractivity contribution in [3.8, 4) is 0 Å². The first-order valence-electron chi connectivity index (χ1n) is 5.43. The summed E-state index contributed by atoms with van der Waals surface area (Å²) < 4.78 is 36.4. The average Bonchev–Trinajstić information content (AvgIpc) is 2.36. The van der Waals surface area contributed by atoms with Crippen molar-refractivity contribution in [3.63, 3.8) is 0 Å². The van der Waals surface area contributed by atoms with E-state index in [1.807, 2.05) is 0 Å². The van der Waals surface area contributed by atoms with Crippen LogP contribution in [0.1, 0.15) is 10.4 Å². The highest BCUT2D eigenvalue weighted by molar-refractivity contribution is 6.05. The van der Waals surface area contributed by atoms with Crippen molar-refractivity contribution in [2.24, 2.45) is 0 Å². The largest absolute Gasteiger partial charge is 0.478 e. The summed E-state index contributed by atoms with van der Waals surface area (Å²) in [6.07, 6.45) is -4.97. The van der Waals surface area contributed by atoms with Crippen molar-refractivity contribution < 1.29 is 27.9 Å². The zero-order valence-electron chi connectivity index (χ0n) is 9.86. The van der Waals surface area contributed by atoms with E-state index in [2.05, 4.69) is 0 Å². The third-order valence-electron chi connectivity index (χ3n) is 2.63. The number of halogens is 3.